The van der Waals surface area contributed by atoms with Gasteiger partial charge in [0.05, 0.1) is 22.1 Å². The van der Waals surface area contributed by atoms with E-state index in [4.69, 9.17) is 14.2 Å². The van der Waals surface area contributed by atoms with Crippen LogP contribution >= 0.6 is 0 Å². The number of carbonyl (C=O) groups is 1. The molecule has 2 heterocycles. The predicted octanol–water partition coefficient (Wildman–Crippen LogP) is 2.78. The van der Waals surface area contributed by atoms with Gasteiger partial charge in [-0.25, -0.2) is 4.79 Å². The summed E-state index contributed by atoms with van der Waals surface area (Å²) in [6.07, 6.45) is 1.44. The lowest BCUT2D eigenvalue weighted by molar-refractivity contribution is -0.385. The molecule has 0 fully saturated rings. The first-order chi connectivity index (χ1) is 11.1. The Labute approximate surface area is 129 Å². The minimum absolute atomic E-state index is 0.0113. The van der Waals surface area contributed by atoms with Gasteiger partial charge < -0.3 is 14.2 Å². The molecular formula is C16H9NO6. The number of nitrogens with zero attached hydrogens (tertiary/aromatic N) is 1. The van der Waals surface area contributed by atoms with E-state index in [1.165, 1.54) is 18.2 Å². The van der Waals surface area contributed by atoms with Crippen LogP contribution in [-0.4, -0.2) is 17.7 Å². The van der Waals surface area contributed by atoms with Crippen LogP contribution in [0.15, 0.2) is 36.4 Å². The molecule has 0 radical (unpaired) electrons. The van der Waals surface area contributed by atoms with Gasteiger partial charge in [-0.15, -0.1) is 0 Å². The second kappa shape index (κ2) is 4.84. The van der Waals surface area contributed by atoms with Gasteiger partial charge >= 0.3 is 5.97 Å². The summed E-state index contributed by atoms with van der Waals surface area (Å²) in [5.41, 5.74) is 0.953. The smallest absolute Gasteiger partial charge is 0.344 e. The molecule has 0 atom stereocenters. The monoisotopic (exact) mass is 311 g/mol. The molecule has 2 aliphatic heterocycles. The first-order valence-corrected chi connectivity index (χ1v) is 6.75. The van der Waals surface area contributed by atoms with Gasteiger partial charge in [-0.1, -0.05) is 18.2 Å². The maximum atomic E-state index is 12.0. The average molecular weight is 311 g/mol. The van der Waals surface area contributed by atoms with Crippen LogP contribution in [0.1, 0.15) is 11.1 Å². The Morgan fingerprint density at radius 3 is 2.61 bits per heavy atom. The molecule has 0 saturated heterocycles. The molecular weight excluding hydrogens is 302 g/mol. The zero-order valence-electron chi connectivity index (χ0n) is 11.6. The molecule has 2 aromatic carbocycles. The van der Waals surface area contributed by atoms with Crippen LogP contribution in [0.3, 0.4) is 0 Å². The number of rotatable bonds is 2. The van der Waals surface area contributed by atoms with Gasteiger partial charge in [-0.2, -0.15) is 0 Å². The van der Waals surface area contributed by atoms with Crippen LogP contribution in [0.4, 0.5) is 5.69 Å². The van der Waals surface area contributed by atoms with Crippen LogP contribution in [0.2, 0.25) is 0 Å². The third-order valence-electron chi connectivity index (χ3n) is 3.62. The van der Waals surface area contributed by atoms with Crippen molar-refractivity contribution in [2.75, 3.05) is 6.79 Å². The topological polar surface area (TPSA) is 87.9 Å². The summed E-state index contributed by atoms with van der Waals surface area (Å²) >= 11 is 0. The van der Waals surface area contributed by atoms with E-state index in [-0.39, 0.29) is 23.6 Å². The van der Waals surface area contributed by atoms with Gasteiger partial charge in [0.2, 0.25) is 6.79 Å². The normalized spacial score (nSPS) is 16.3. The van der Waals surface area contributed by atoms with Crippen LogP contribution in [-0.2, 0) is 4.79 Å². The molecule has 0 aromatic heterocycles. The van der Waals surface area contributed by atoms with Gasteiger partial charge in [0.25, 0.3) is 5.69 Å². The maximum Gasteiger partial charge on any atom is 0.344 e. The number of benzene rings is 2. The van der Waals surface area contributed by atoms with Crippen LogP contribution < -0.4 is 14.2 Å². The molecule has 23 heavy (non-hydrogen) atoms. The van der Waals surface area contributed by atoms with Crippen molar-refractivity contribution >= 4 is 23.3 Å². The summed E-state index contributed by atoms with van der Waals surface area (Å²) in [7, 11) is 0. The molecule has 7 nitrogen and oxygen atoms in total. The van der Waals surface area contributed by atoms with Crippen molar-refractivity contribution in [2.24, 2.45) is 0 Å². The second-order valence-electron chi connectivity index (χ2n) is 4.97. The van der Waals surface area contributed by atoms with E-state index in [2.05, 4.69) is 0 Å². The molecule has 0 bridgehead atoms. The fourth-order valence-electron chi connectivity index (χ4n) is 2.56. The van der Waals surface area contributed by atoms with E-state index in [1.54, 1.807) is 24.3 Å². The molecule has 114 valence electrons. The summed E-state index contributed by atoms with van der Waals surface area (Å²) in [5.74, 6) is 0.612. The Hall–Kier alpha value is -3.35. The number of hydrogen-bond acceptors (Lipinski definition) is 6. The second-order valence-corrected chi connectivity index (χ2v) is 4.97. The number of para-hydroxylation sites is 1. The Bertz CT molecular complexity index is 886. The number of nitro groups is 1. The van der Waals surface area contributed by atoms with Crippen molar-refractivity contribution < 1.29 is 23.9 Å². The Kier molecular flexibility index (Phi) is 2.80. The van der Waals surface area contributed by atoms with Gasteiger partial charge in [-0.3, -0.25) is 10.1 Å². The highest BCUT2D eigenvalue weighted by Crippen LogP contribution is 2.41. The molecule has 0 N–H and O–H groups in total. The minimum Gasteiger partial charge on any atom is -0.454 e. The number of esters is 1. The first-order valence-electron chi connectivity index (χ1n) is 6.75. The lowest BCUT2D eigenvalue weighted by Gasteiger charge is -2.02. The molecule has 7 heteroatoms. The molecule has 4 rings (SSSR count). The van der Waals surface area contributed by atoms with Crippen molar-refractivity contribution in [3.05, 3.63) is 57.6 Å². The number of hydrogen-bond donors (Lipinski definition) is 0. The molecule has 0 unspecified atom stereocenters. The van der Waals surface area contributed by atoms with E-state index in [0.717, 1.165) is 0 Å². The van der Waals surface area contributed by atoms with E-state index >= 15 is 0 Å². The van der Waals surface area contributed by atoms with Gasteiger partial charge in [0.1, 0.15) is 5.75 Å². The lowest BCUT2D eigenvalue weighted by Crippen LogP contribution is -2.01. The number of ether oxygens (including phenoxy) is 3. The fraction of sp³-hybridized carbons (Fsp3) is 0.0625. The first kappa shape index (κ1) is 13.3. The van der Waals surface area contributed by atoms with E-state index in [1.807, 2.05) is 0 Å². The highest BCUT2D eigenvalue weighted by atomic mass is 16.7. The SMILES string of the molecule is O=C1Oc2ccccc2/C1=C/c1cc2c(cc1[N+](=O)[O-])OCO2. The molecule has 0 aliphatic carbocycles. The van der Waals surface area contributed by atoms with Crippen LogP contribution in [0.25, 0.3) is 11.6 Å². The third kappa shape index (κ3) is 2.10. The number of fused-ring (bicyclic) bond motifs is 2. The van der Waals surface area contributed by atoms with Crippen LogP contribution in [0, 0.1) is 10.1 Å². The predicted molar refractivity (Wildman–Crippen MR) is 79.2 cm³/mol. The third-order valence-corrected chi connectivity index (χ3v) is 3.62. The molecule has 2 aromatic rings. The van der Waals surface area contributed by atoms with Gasteiger partial charge in [-0.05, 0) is 18.2 Å². The van der Waals surface area contributed by atoms with Crippen molar-refractivity contribution in [2.45, 2.75) is 0 Å². The van der Waals surface area contributed by atoms with Crippen molar-refractivity contribution in [3.8, 4) is 17.2 Å². The summed E-state index contributed by atoms with van der Waals surface area (Å²) < 4.78 is 15.5. The Morgan fingerprint density at radius 2 is 1.83 bits per heavy atom. The van der Waals surface area contributed by atoms with Gasteiger partial charge in [0, 0.05) is 5.56 Å². The maximum absolute atomic E-state index is 12.0. The quantitative estimate of drug-likeness (QED) is 0.278. The zero-order chi connectivity index (χ0) is 16.0. The van der Waals surface area contributed by atoms with Crippen molar-refractivity contribution in [1.29, 1.82) is 0 Å². The molecule has 0 spiro atoms. The van der Waals surface area contributed by atoms with Gasteiger partial charge in [0.15, 0.2) is 11.5 Å². The van der Waals surface area contributed by atoms with Crippen LogP contribution in [0.5, 0.6) is 17.2 Å². The average Bonchev–Trinajstić information content (AvgIpc) is 3.11. The lowest BCUT2D eigenvalue weighted by atomic mass is 10.0. The van der Waals surface area contributed by atoms with Crippen molar-refractivity contribution in [3.63, 3.8) is 0 Å². The highest BCUT2D eigenvalue weighted by molar-refractivity contribution is 6.26. The number of carbonyl (C=O) groups excluding carboxylic acids is 1. The standard InChI is InChI=1S/C16H9NO6/c18-16-11(10-3-1-2-4-13(10)23-16)5-9-6-14-15(22-8-21-14)7-12(9)17(19)20/h1-7H,8H2/b11-5-. The highest BCUT2D eigenvalue weighted by Gasteiger charge is 2.29. The zero-order valence-corrected chi connectivity index (χ0v) is 11.6. The van der Waals surface area contributed by atoms with E-state index < -0.39 is 10.9 Å². The van der Waals surface area contributed by atoms with E-state index in [0.29, 0.717) is 22.8 Å². The summed E-state index contributed by atoms with van der Waals surface area (Å²) in [4.78, 5) is 22.8. The summed E-state index contributed by atoms with van der Waals surface area (Å²) in [6, 6.07) is 9.69. The number of nitro benzene ring substituents is 1. The minimum atomic E-state index is -0.543. The molecule has 0 saturated carbocycles. The summed E-state index contributed by atoms with van der Waals surface area (Å²) in [5, 5.41) is 11.3. The Morgan fingerprint density at radius 1 is 1.09 bits per heavy atom. The van der Waals surface area contributed by atoms with Crippen molar-refractivity contribution in [1.82, 2.24) is 0 Å². The largest absolute Gasteiger partial charge is 0.454 e. The summed E-state index contributed by atoms with van der Waals surface area (Å²) in [6.45, 7) is 0.0113. The molecule has 0 amide bonds. The Balaban J connectivity index is 1.89. The molecule has 2 aliphatic rings. The van der Waals surface area contributed by atoms with E-state index in [9.17, 15) is 14.9 Å². The fourth-order valence-corrected chi connectivity index (χ4v) is 2.56.